The van der Waals surface area contributed by atoms with Gasteiger partial charge in [0.15, 0.2) is 0 Å². The Hall–Kier alpha value is -1.39. The predicted octanol–water partition coefficient (Wildman–Crippen LogP) is 1.64. The Morgan fingerprint density at radius 2 is 2.22 bits per heavy atom. The number of hydrogen-bond donors (Lipinski definition) is 1. The van der Waals surface area contributed by atoms with Gasteiger partial charge in [-0.05, 0) is 19.5 Å². The molecule has 2 rings (SSSR count). The number of carbonyl (C=O) groups excluding carboxylic acids is 1. The number of rotatable bonds is 5. The van der Waals surface area contributed by atoms with Crippen molar-refractivity contribution in [1.82, 2.24) is 5.32 Å². The summed E-state index contributed by atoms with van der Waals surface area (Å²) in [5, 5.41) is 3.25. The zero-order chi connectivity index (χ0) is 13.1. The minimum Gasteiger partial charge on any atom is -0.383 e. The average Bonchev–Trinajstić information content (AvgIpc) is 2.61. The van der Waals surface area contributed by atoms with Crippen LogP contribution in [-0.4, -0.2) is 32.7 Å². The van der Waals surface area contributed by atoms with Crippen molar-refractivity contribution in [2.24, 2.45) is 0 Å². The maximum absolute atomic E-state index is 12.4. The smallest absolute Gasteiger partial charge is 0.248 e. The van der Waals surface area contributed by atoms with Gasteiger partial charge in [-0.2, -0.15) is 0 Å². The zero-order valence-corrected chi connectivity index (χ0v) is 11.2. The first-order chi connectivity index (χ1) is 8.69. The number of fused-ring (bicyclic) bond motifs is 1. The molecule has 1 aromatic carbocycles. The highest BCUT2D eigenvalue weighted by Gasteiger charge is 2.36. The summed E-state index contributed by atoms with van der Waals surface area (Å²) in [4.78, 5) is 14.2. The second kappa shape index (κ2) is 5.50. The van der Waals surface area contributed by atoms with Crippen LogP contribution >= 0.6 is 0 Å². The molecule has 1 aliphatic rings. The van der Waals surface area contributed by atoms with Crippen LogP contribution in [0, 0.1) is 6.92 Å². The molecule has 0 radical (unpaired) electrons. The Kier molecular flexibility index (Phi) is 3.99. The molecule has 1 aromatic rings. The number of carbonyl (C=O) groups is 1. The van der Waals surface area contributed by atoms with Gasteiger partial charge >= 0.3 is 0 Å². The maximum atomic E-state index is 12.4. The number of hydrogen-bond acceptors (Lipinski definition) is 3. The molecule has 0 bridgehead atoms. The second-order valence-corrected chi connectivity index (χ2v) is 4.54. The van der Waals surface area contributed by atoms with Gasteiger partial charge in [-0.25, -0.2) is 0 Å². The number of amides is 1. The highest BCUT2D eigenvalue weighted by atomic mass is 16.5. The molecule has 4 heteroatoms. The molecule has 1 heterocycles. The quantitative estimate of drug-likeness (QED) is 0.861. The van der Waals surface area contributed by atoms with Crippen molar-refractivity contribution >= 4 is 11.6 Å². The monoisotopic (exact) mass is 248 g/mol. The highest BCUT2D eigenvalue weighted by Crippen LogP contribution is 2.36. The molecule has 98 valence electrons. The standard InChI is InChI=1S/C14H20N2O2/c1-4-15-13-11-9-10(2)5-6-12(11)16(14(13)17)7-8-18-3/h5-6,9,13,15H,4,7-8H2,1-3H3. The lowest BCUT2D eigenvalue weighted by molar-refractivity contribution is -0.120. The summed E-state index contributed by atoms with van der Waals surface area (Å²) in [6.45, 7) is 6.00. The van der Waals surface area contributed by atoms with E-state index >= 15 is 0 Å². The van der Waals surface area contributed by atoms with E-state index in [-0.39, 0.29) is 11.9 Å². The fraction of sp³-hybridized carbons (Fsp3) is 0.500. The molecule has 0 aliphatic carbocycles. The van der Waals surface area contributed by atoms with Gasteiger partial charge in [0.2, 0.25) is 5.91 Å². The predicted molar refractivity (Wildman–Crippen MR) is 71.8 cm³/mol. The summed E-state index contributed by atoms with van der Waals surface area (Å²) in [6, 6.07) is 5.95. The van der Waals surface area contributed by atoms with Gasteiger partial charge in [-0.1, -0.05) is 24.6 Å². The van der Waals surface area contributed by atoms with Crippen LogP contribution in [-0.2, 0) is 9.53 Å². The van der Waals surface area contributed by atoms with E-state index in [1.54, 1.807) is 7.11 Å². The average molecular weight is 248 g/mol. The fourth-order valence-electron chi connectivity index (χ4n) is 2.37. The van der Waals surface area contributed by atoms with Crippen LogP contribution in [0.4, 0.5) is 5.69 Å². The van der Waals surface area contributed by atoms with Crippen LogP contribution in [0.25, 0.3) is 0 Å². The lowest BCUT2D eigenvalue weighted by atomic mass is 10.1. The van der Waals surface area contributed by atoms with Crippen molar-refractivity contribution in [1.29, 1.82) is 0 Å². The Bertz CT molecular complexity index is 445. The number of aryl methyl sites for hydroxylation is 1. The Morgan fingerprint density at radius 1 is 1.44 bits per heavy atom. The van der Waals surface area contributed by atoms with Crippen molar-refractivity contribution in [2.45, 2.75) is 19.9 Å². The third-order valence-corrected chi connectivity index (χ3v) is 3.23. The molecule has 0 aromatic heterocycles. The second-order valence-electron chi connectivity index (χ2n) is 4.54. The molecule has 1 aliphatic heterocycles. The molecule has 1 amide bonds. The first kappa shape index (κ1) is 13.1. The maximum Gasteiger partial charge on any atom is 0.248 e. The van der Waals surface area contributed by atoms with Crippen LogP contribution in [0.3, 0.4) is 0 Å². The molecule has 1 atom stereocenters. The molecular formula is C14H20N2O2. The SMILES string of the molecule is CCNC1C(=O)N(CCOC)c2ccc(C)cc21. The zero-order valence-electron chi connectivity index (χ0n) is 11.2. The minimum atomic E-state index is -0.207. The van der Waals surface area contributed by atoms with Gasteiger partial charge in [0.25, 0.3) is 0 Å². The highest BCUT2D eigenvalue weighted by molar-refractivity contribution is 6.04. The lowest BCUT2D eigenvalue weighted by Crippen LogP contribution is -2.36. The number of ether oxygens (including phenoxy) is 1. The van der Waals surface area contributed by atoms with E-state index in [0.29, 0.717) is 13.2 Å². The van der Waals surface area contributed by atoms with Crippen molar-refractivity contribution in [3.05, 3.63) is 29.3 Å². The number of methoxy groups -OCH3 is 1. The Labute approximate surface area is 108 Å². The summed E-state index contributed by atoms with van der Waals surface area (Å²) in [5.74, 6) is 0.120. The first-order valence-corrected chi connectivity index (χ1v) is 6.33. The van der Waals surface area contributed by atoms with E-state index in [0.717, 1.165) is 17.8 Å². The van der Waals surface area contributed by atoms with E-state index in [2.05, 4.69) is 11.4 Å². The fourth-order valence-corrected chi connectivity index (χ4v) is 2.37. The van der Waals surface area contributed by atoms with Crippen LogP contribution in [0.1, 0.15) is 24.1 Å². The van der Waals surface area contributed by atoms with E-state index < -0.39 is 0 Å². The van der Waals surface area contributed by atoms with Crippen molar-refractivity contribution in [2.75, 3.05) is 31.7 Å². The summed E-state index contributed by atoms with van der Waals surface area (Å²) >= 11 is 0. The summed E-state index contributed by atoms with van der Waals surface area (Å²) in [5.41, 5.74) is 3.27. The number of likely N-dealkylation sites (N-methyl/N-ethyl adjacent to an activating group) is 1. The topological polar surface area (TPSA) is 41.6 Å². The number of nitrogens with zero attached hydrogens (tertiary/aromatic N) is 1. The van der Waals surface area contributed by atoms with Crippen LogP contribution in [0.15, 0.2) is 18.2 Å². The largest absolute Gasteiger partial charge is 0.383 e. The molecule has 1 N–H and O–H groups in total. The Morgan fingerprint density at radius 3 is 2.89 bits per heavy atom. The van der Waals surface area contributed by atoms with Crippen LogP contribution < -0.4 is 10.2 Å². The molecule has 1 unspecified atom stereocenters. The molecule has 0 fully saturated rings. The van der Waals surface area contributed by atoms with Gasteiger partial charge in [-0.15, -0.1) is 0 Å². The summed E-state index contributed by atoms with van der Waals surface area (Å²) in [6.07, 6.45) is 0. The third-order valence-electron chi connectivity index (χ3n) is 3.23. The molecule has 0 spiro atoms. The molecule has 0 saturated carbocycles. The van der Waals surface area contributed by atoms with Crippen molar-refractivity contribution < 1.29 is 9.53 Å². The van der Waals surface area contributed by atoms with E-state index in [4.69, 9.17) is 4.74 Å². The number of benzene rings is 1. The van der Waals surface area contributed by atoms with Gasteiger partial charge in [0, 0.05) is 24.9 Å². The molecule has 0 saturated heterocycles. The van der Waals surface area contributed by atoms with E-state index in [1.165, 1.54) is 5.56 Å². The molecular weight excluding hydrogens is 228 g/mol. The van der Waals surface area contributed by atoms with Gasteiger partial charge in [0.1, 0.15) is 6.04 Å². The van der Waals surface area contributed by atoms with Crippen molar-refractivity contribution in [3.8, 4) is 0 Å². The van der Waals surface area contributed by atoms with Crippen LogP contribution in [0.5, 0.6) is 0 Å². The van der Waals surface area contributed by atoms with Crippen LogP contribution in [0.2, 0.25) is 0 Å². The number of nitrogens with one attached hydrogen (secondary N) is 1. The minimum absolute atomic E-state index is 0.120. The normalized spacial score (nSPS) is 18.3. The van der Waals surface area contributed by atoms with E-state index in [1.807, 2.05) is 30.9 Å². The summed E-state index contributed by atoms with van der Waals surface area (Å²) < 4.78 is 5.07. The first-order valence-electron chi connectivity index (χ1n) is 6.33. The molecule has 18 heavy (non-hydrogen) atoms. The molecule has 4 nitrogen and oxygen atoms in total. The third kappa shape index (κ3) is 2.26. The van der Waals surface area contributed by atoms with Gasteiger partial charge in [-0.3, -0.25) is 4.79 Å². The Balaban J connectivity index is 2.34. The van der Waals surface area contributed by atoms with Gasteiger partial charge < -0.3 is 15.0 Å². The van der Waals surface area contributed by atoms with E-state index in [9.17, 15) is 4.79 Å². The summed E-state index contributed by atoms with van der Waals surface area (Å²) in [7, 11) is 1.65. The van der Waals surface area contributed by atoms with Crippen molar-refractivity contribution in [3.63, 3.8) is 0 Å². The number of anilines is 1. The van der Waals surface area contributed by atoms with Gasteiger partial charge in [0.05, 0.1) is 6.61 Å². The lowest BCUT2D eigenvalue weighted by Gasteiger charge is -2.17.